The van der Waals surface area contributed by atoms with Crippen molar-refractivity contribution in [1.29, 1.82) is 5.41 Å². The zero-order valence-electron chi connectivity index (χ0n) is 18.2. The third-order valence-electron chi connectivity index (χ3n) is 6.42. The molecule has 0 atom stereocenters. The van der Waals surface area contributed by atoms with Crippen LogP contribution in [0.1, 0.15) is 31.2 Å². The number of nitrogens with zero attached hydrogens (tertiary/aromatic N) is 3. The van der Waals surface area contributed by atoms with Crippen LogP contribution in [0.25, 0.3) is 16.3 Å². The van der Waals surface area contributed by atoms with Gasteiger partial charge in [0.2, 0.25) is 5.91 Å². The number of hydrogen-bond acceptors (Lipinski definition) is 6. The van der Waals surface area contributed by atoms with E-state index in [1.54, 1.807) is 0 Å². The van der Waals surface area contributed by atoms with E-state index in [2.05, 4.69) is 15.2 Å². The van der Waals surface area contributed by atoms with Crippen LogP contribution in [0.4, 0.5) is 5.82 Å². The number of carbonyl (C=O) groups is 1. The van der Waals surface area contributed by atoms with Crippen molar-refractivity contribution in [2.75, 3.05) is 38.0 Å². The molecular formula is C24H30N6OS. The van der Waals surface area contributed by atoms with E-state index in [4.69, 9.17) is 23.4 Å². The molecule has 32 heavy (non-hydrogen) atoms. The van der Waals surface area contributed by atoms with Crippen LogP contribution in [0.15, 0.2) is 36.7 Å². The maximum atomic E-state index is 12.6. The lowest BCUT2D eigenvalue weighted by molar-refractivity contribution is -0.133. The van der Waals surface area contributed by atoms with E-state index in [-0.39, 0.29) is 11.8 Å². The van der Waals surface area contributed by atoms with Crippen LogP contribution < -0.4 is 11.1 Å². The van der Waals surface area contributed by atoms with Crippen LogP contribution >= 0.6 is 12.2 Å². The van der Waals surface area contributed by atoms with Gasteiger partial charge in [0.1, 0.15) is 5.82 Å². The van der Waals surface area contributed by atoms with Gasteiger partial charge in [0.05, 0.1) is 11.5 Å². The molecule has 2 fully saturated rings. The molecule has 2 aromatic rings. The Morgan fingerprint density at radius 2 is 1.94 bits per heavy atom. The molecule has 168 valence electrons. The number of amides is 1. The van der Waals surface area contributed by atoms with Crippen molar-refractivity contribution in [3.63, 3.8) is 0 Å². The first kappa shape index (κ1) is 22.4. The maximum Gasteiger partial charge on any atom is 0.236 e. The van der Waals surface area contributed by atoms with Gasteiger partial charge < -0.3 is 21.4 Å². The largest absolute Gasteiger partial charge is 0.404 e. The monoisotopic (exact) mass is 450 g/mol. The molecule has 2 aliphatic heterocycles. The highest BCUT2D eigenvalue weighted by molar-refractivity contribution is 7.80. The molecule has 8 heteroatoms. The summed E-state index contributed by atoms with van der Waals surface area (Å²) in [7, 11) is 0. The summed E-state index contributed by atoms with van der Waals surface area (Å²) in [6, 6.07) is 7.88. The van der Waals surface area contributed by atoms with E-state index in [1.807, 2.05) is 35.4 Å². The fourth-order valence-electron chi connectivity index (χ4n) is 4.47. The summed E-state index contributed by atoms with van der Waals surface area (Å²) < 4.78 is 0. The lowest BCUT2D eigenvalue weighted by atomic mass is 9.96. The fraction of sp³-hybridized carbons (Fsp3) is 0.417. The Balaban J connectivity index is 1.35. The molecule has 0 radical (unpaired) electrons. The number of pyridine rings is 1. The topological polar surface area (TPSA) is 98.3 Å². The molecule has 0 unspecified atom stereocenters. The molecule has 0 saturated carbocycles. The third-order valence-corrected chi connectivity index (χ3v) is 6.85. The first-order valence-corrected chi connectivity index (χ1v) is 11.6. The number of rotatable bonds is 6. The van der Waals surface area contributed by atoms with Crippen molar-refractivity contribution >= 4 is 51.5 Å². The molecule has 0 spiro atoms. The highest BCUT2D eigenvalue weighted by Gasteiger charge is 2.27. The number of carbonyl (C=O) groups excluding carboxylic acids is 1. The Kier molecular flexibility index (Phi) is 7.12. The first-order valence-electron chi connectivity index (χ1n) is 11.2. The second-order valence-corrected chi connectivity index (χ2v) is 8.97. The lowest BCUT2D eigenvalue weighted by Gasteiger charge is -2.33. The number of nitrogens with one attached hydrogen (secondary N) is 2. The van der Waals surface area contributed by atoms with Crippen molar-refractivity contribution < 1.29 is 4.79 Å². The van der Waals surface area contributed by atoms with Crippen molar-refractivity contribution in [2.24, 2.45) is 11.7 Å². The predicted molar refractivity (Wildman–Crippen MR) is 134 cm³/mol. The highest BCUT2D eigenvalue weighted by Crippen LogP contribution is 2.24. The van der Waals surface area contributed by atoms with Crippen molar-refractivity contribution in [3.8, 4) is 0 Å². The number of likely N-dealkylation sites (tertiary alicyclic amines) is 2. The SMILES string of the molecule is N=C/C(=C\N)c1ccc2cnc(NC(=S)C3CCN(C(=O)CN4CCCC4)CC3)cc2c1. The summed E-state index contributed by atoms with van der Waals surface area (Å²) in [5.41, 5.74) is 7.18. The number of thiocarbonyl (C=S) groups is 1. The predicted octanol–water partition coefficient (Wildman–Crippen LogP) is 3.26. The average molecular weight is 451 g/mol. The van der Waals surface area contributed by atoms with E-state index < -0.39 is 0 Å². The lowest BCUT2D eigenvalue weighted by Crippen LogP contribution is -2.45. The second-order valence-electron chi connectivity index (χ2n) is 8.53. The Hall–Kier alpha value is -2.84. The van der Waals surface area contributed by atoms with Crippen LogP contribution in [0.2, 0.25) is 0 Å². The second kappa shape index (κ2) is 10.2. The van der Waals surface area contributed by atoms with Gasteiger partial charge in [-0.1, -0.05) is 24.4 Å². The zero-order chi connectivity index (χ0) is 22.5. The molecule has 1 aromatic carbocycles. The van der Waals surface area contributed by atoms with Crippen LogP contribution in [-0.4, -0.2) is 64.6 Å². The van der Waals surface area contributed by atoms with Crippen LogP contribution in [0, 0.1) is 11.3 Å². The van der Waals surface area contributed by atoms with Gasteiger partial charge in [0, 0.05) is 48.6 Å². The van der Waals surface area contributed by atoms with E-state index in [0.717, 1.165) is 60.3 Å². The number of anilines is 1. The van der Waals surface area contributed by atoms with Gasteiger partial charge >= 0.3 is 0 Å². The quantitative estimate of drug-likeness (QED) is 0.462. The Bertz CT molecular complexity index is 1040. The molecule has 1 amide bonds. The van der Waals surface area contributed by atoms with E-state index in [0.29, 0.717) is 17.9 Å². The smallest absolute Gasteiger partial charge is 0.236 e. The summed E-state index contributed by atoms with van der Waals surface area (Å²) in [5.74, 6) is 1.20. The number of hydrogen-bond donors (Lipinski definition) is 3. The third kappa shape index (κ3) is 5.14. The maximum absolute atomic E-state index is 12.6. The van der Waals surface area contributed by atoms with E-state index in [9.17, 15) is 4.79 Å². The van der Waals surface area contributed by atoms with E-state index in [1.165, 1.54) is 25.3 Å². The summed E-state index contributed by atoms with van der Waals surface area (Å²) in [4.78, 5) is 22.1. The molecule has 0 aliphatic carbocycles. The zero-order valence-corrected chi connectivity index (χ0v) is 19.0. The number of nitrogens with two attached hydrogens (primary N) is 1. The van der Waals surface area contributed by atoms with Crippen LogP contribution in [-0.2, 0) is 4.79 Å². The molecule has 3 heterocycles. The number of aromatic nitrogens is 1. The normalized spacial score (nSPS) is 18.1. The van der Waals surface area contributed by atoms with Crippen molar-refractivity contribution in [1.82, 2.24) is 14.8 Å². The number of piperidine rings is 1. The van der Waals surface area contributed by atoms with Crippen molar-refractivity contribution in [2.45, 2.75) is 25.7 Å². The van der Waals surface area contributed by atoms with Gasteiger partial charge in [-0.05, 0) is 61.9 Å². The Morgan fingerprint density at radius 3 is 2.62 bits per heavy atom. The van der Waals surface area contributed by atoms with Gasteiger partial charge in [-0.2, -0.15) is 0 Å². The fourth-order valence-corrected chi connectivity index (χ4v) is 4.81. The summed E-state index contributed by atoms with van der Waals surface area (Å²) in [6.45, 7) is 4.15. The average Bonchev–Trinajstić information content (AvgIpc) is 3.33. The van der Waals surface area contributed by atoms with Crippen LogP contribution in [0.5, 0.6) is 0 Å². The van der Waals surface area contributed by atoms with Gasteiger partial charge in [-0.15, -0.1) is 0 Å². The van der Waals surface area contributed by atoms with Gasteiger partial charge in [-0.3, -0.25) is 9.69 Å². The number of fused-ring (bicyclic) bond motifs is 1. The molecule has 1 aromatic heterocycles. The van der Waals surface area contributed by atoms with Gasteiger partial charge in [0.25, 0.3) is 0 Å². The molecule has 2 saturated heterocycles. The summed E-state index contributed by atoms with van der Waals surface area (Å²) in [6.07, 6.45) is 8.66. The molecule has 4 N–H and O–H groups in total. The summed E-state index contributed by atoms with van der Waals surface area (Å²) >= 11 is 5.69. The Morgan fingerprint density at radius 1 is 1.19 bits per heavy atom. The summed E-state index contributed by atoms with van der Waals surface area (Å²) in [5, 5.41) is 12.8. The highest BCUT2D eigenvalue weighted by atomic mass is 32.1. The van der Waals surface area contributed by atoms with Crippen LogP contribution in [0.3, 0.4) is 0 Å². The molecule has 7 nitrogen and oxygen atoms in total. The van der Waals surface area contributed by atoms with E-state index >= 15 is 0 Å². The minimum Gasteiger partial charge on any atom is -0.404 e. The number of benzene rings is 1. The van der Waals surface area contributed by atoms with Gasteiger partial charge in [-0.25, -0.2) is 4.98 Å². The molecule has 2 aliphatic rings. The van der Waals surface area contributed by atoms with Crippen molar-refractivity contribution in [3.05, 3.63) is 42.2 Å². The number of allylic oxidation sites excluding steroid dienone is 1. The standard InChI is InChI=1S/C24H30N6OS/c25-13-21(14-26)18-3-4-19-15-27-22(12-20(19)11-18)28-24(32)17-5-9-30(10-6-17)23(31)16-29-7-1-2-8-29/h3-4,11-15,17,25H,1-2,5-10,16,26H2,(H,27,28,32)/b21-14+,25-13?. The molecule has 0 bridgehead atoms. The first-order chi connectivity index (χ1) is 15.6. The molecular weight excluding hydrogens is 420 g/mol. The van der Waals surface area contributed by atoms with Gasteiger partial charge in [0.15, 0.2) is 0 Å². The Labute approximate surface area is 194 Å². The minimum absolute atomic E-state index is 0.243. The molecule has 4 rings (SSSR count). The minimum atomic E-state index is 0.243.